The van der Waals surface area contributed by atoms with Gasteiger partial charge in [0.15, 0.2) is 0 Å². The fourth-order valence-corrected chi connectivity index (χ4v) is 4.12. The predicted molar refractivity (Wildman–Crippen MR) is 99.9 cm³/mol. The van der Waals surface area contributed by atoms with Gasteiger partial charge in [0, 0.05) is 43.7 Å². The van der Waals surface area contributed by atoms with Crippen LogP contribution in [0.3, 0.4) is 0 Å². The first-order valence-corrected chi connectivity index (χ1v) is 9.01. The van der Waals surface area contributed by atoms with Gasteiger partial charge in [-0.25, -0.2) is 0 Å². The molecule has 3 heterocycles. The van der Waals surface area contributed by atoms with Gasteiger partial charge in [-0.05, 0) is 48.7 Å². The Morgan fingerprint density at radius 3 is 2.72 bits per heavy atom. The lowest BCUT2D eigenvalue weighted by Crippen LogP contribution is -2.47. The Morgan fingerprint density at radius 1 is 1.24 bits per heavy atom. The van der Waals surface area contributed by atoms with Crippen LogP contribution in [0.4, 0.5) is 5.69 Å². The molecule has 0 atom stereocenters. The predicted octanol–water partition coefficient (Wildman–Crippen LogP) is 3.94. The van der Waals surface area contributed by atoms with Gasteiger partial charge in [0.05, 0.1) is 17.4 Å². The minimum atomic E-state index is -0.133. The van der Waals surface area contributed by atoms with Gasteiger partial charge in [0.1, 0.15) is 0 Å². The molecule has 130 valence electrons. The molecule has 4 nitrogen and oxygen atoms in total. The van der Waals surface area contributed by atoms with E-state index in [1.165, 1.54) is 16.7 Å². The van der Waals surface area contributed by atoms with E-state index in [2.05, 4.69) is 41.9 Å². The summed E-state index contributed by atoms with van der Waals surface area (Å²) in [6, 6.07) is 8.38. The van der Waals surface area contributed by atoms with E-state index >= 15 is 0 Å². The first-order valence-electron chi connectivity index (χ1n) is 8.63. The molecule has 0 spiro atoms. The smallest absolute Gasteiger partial charge is 0.219 e. The summed E-state index contributed by atoms with van der Waals surface area (Å²) >= 11 is 6.21. The molecule has 0 unspecified atom stereocenters. The van der Waals surface area contributed by atoms with E-state index in [0.29, 0.717) is 5.92 Å². The zero-order valence-electron chi connectivity index (χ0n) is 14.8. The van der Waals surface area contributed by atoms with Gasteiger partial charge < -0.3 is 9.80 Å². The van der Waals surface area contributed by atoms with Crippen LogP contribution in [-0.2, 0) is 16.9 Å². The summed E-state index contributed by atoms with van der Waals surface area (Å²) in [7, 11) is 0. The van der Waals surface area contributed by atoms with E-state index < -0.39 is 0 Å². The van der Waals surface area contributed by atoms with Crippen LogP contribution < -0.4 is 4.90 Å². The number of amides is 1. The van der Waals surface area contributed by atoms with Gasteiger partial charge in [-0.1, -0.05) is 17.7 Å². The Balaban J connectivity index is 1.61. The van der Waals surface area contributed by atoms with Crippen LogP contribution >= 0.6 is 11.6 Å². The second-order valence-electron chi connectivity index (χ2n) is 7.54. The van der Waals surface area contributed by atoms with Gasteiger partial charge in [-0.2, -0.15) is 0 Å². The van der Waals surface area contributed by atoms with Crippen LogP contribution in [0.5, 0.6) is 0 Å². The summed E-state index contributed by atoms with van der Waals surface area (Å²) < 4.78 is 0. The lowest BCUT2D eigenvalue weighted by Gasteiger charge is -2.39. The van der Waals surface area contributed by atoms with Crippen LogP contribution in [0.2, 0.25) is 5.02 Å². The van der Waals surface area contributed by atoms with E-state index in [9.17, 15) is 4.79 Å². The second-order valence-corrected chi connectivity index (χ2v) is 7.98. The SMILES string of the molecule is CC(=O)N1CC(c2cncc(N3Cc4ccc(Cl)cc4C3(C)C)c2)C1. The maximum atomic E-state index is 11.4. The van der Waals surface area contributed by atoms with Crippen molar-refractivity contribution in [1.82, 2.24) is 9.88 Å². The summed E-state index contributed by atoms with van der Waals surface area (Å²) in [6.45, 7) is 8.51. The molecule has 0 saturated carbocycles. The number of halogens is 1. The molecule has 5 heteroatoms. The maximum Gasteiger partial charge on any atom is 0.219 e. The largest absolute Gasteiger partial charge is 0.357 e. The highest BCUT2D eigenvalue weighted by atomic mass is 35.5. The lowest BCUT2D eigenvalue weighted by molar-refractivity contribution is -0.133. The lowest BCUT2D eigenvalue weighted by atomic mass is 9.91. The topological polar surface area (TPSA) is 36.4 Å². The minimum Gasteiger partial charge on any atom is -0.357 e. The van der Waals surface area contributed by atoms with E-state index in [4.69, 9.17) is 11.6 Å². The van der Waals surface area contributed by atoms with Gasteiger partial charge >= 0.3 is 0 Å². The van der Waals surface area contributed by atoms with Crippen molar-refractivity contribution in [3.8, 4) is 0 Å². The molecule has 2 aliphatic heterocycles. The number of aromatic nitrogens is 1. The molecular formula is C20H22ClN3O. The zero-order valence-corrected chi connectivity index (χ0v) is 15.5. The fraction of sp³-hybridized carbons (Fsp3) is 0.400. The first-order chi connectivity index (χ1) is 11.9. The van der Waals surface area contributed by atoms with Crippen molar-refractivity contribution >= 4 is 23.2 Å². The van der Waals surface area contributed by atoms with Crippen molar-refractivity contribution in [3.05, 3.63) is 58.4 Å². The van der Waals surface area contributed by atoms with E-state index in [1.54, 1.807) is 6.92 Å². The Morgan fingerprint density at radius 2 is 2.00 bits per heavy atom. The molecule has 0 N–H and O–H groups in total. The summed E-state index contributed by atoms with van der Waals surface area (Å²) in [5.41, 5.74) is 4.78. The number of rotatable bonds is 2. The monoisotopic (exact) mass is 355 g/mol. The maximum absolute atomic E-state index is 11.4. The van der Waals surface area contributed by atoms with E-state index in [-0.39, 0.29) is 11.4 Å². The highest BCUT2D eigenvalue weighted by Crippen LogP contribution is 2.43. The van der Waals surface area contributed by atoms with E-state index in [0.717, 1.165) is 30.3 Å². The highest BCUT2D eigenvalue weighted by molar-refractivity contribution is 6.30. The molecule has 25 heavy (non-hydrogen) atoms. The summed E-state index contributed by atoms with van der Waals surface area (Å²) in [4.78, 5) is 20.1. The molecule has 0 bridgehead atoms. The van der Waals surface area contributed by atoms with Crippen molar-refractivity contribution < 1.29 is 4.79 Å². The number of fused-ring (bicyclic) bond motifs is 1. The number of hydrogen-bond acceptors (Lipinski definition) is 3. The number of likely N-dealkylation sites (tertiary alicyclic amines) is 1. The van der Waals surface area contributed by atoms with Gasteiger partial charge in [0.2, 0.25) is 5.91 Å². The Hall–Kier alpha value is -2.07. The number of carbonyl (C=O) groups excluding carboxylic acids is 1. The van der Waals surface area contributed by atoms with Gasteiger partial charge in [0.25, 0.3) is 0 Å². The van der Waals surface area contributed by atoms with Crippen LogP contribution in [0.1, 0.15) is 43.4 Å². The average Bonchev–Trinajstić information content (AvgIpc) is 2.77. The molecule has 0 aliphatic carbocycles. The Bertz CT molecular complexity index is 843. The molecule has 4 rings (SSSR count). The summed E-state index contributed by atoms with van der Waals surface area (Å²) in [6.07, 6.45) is 3.86. The molecule has 2 aliphatic rings. The Kier molecular flexibility index (Phi) is 3.76. The van der Waals surface area contributed by atoms with Crippen molar-refractivity contribution in [2.75, 3.05) is 18.0 Å². The number of hydrogen-bond donors (Lipinski definition) is 0. The standard InChI is InChI=1S/C20H22ClN3O/c1-13(25)23-10-16(11-23)15-6-18(9-22-8-15)24-12-14-4-5-17(21)7-19(14)20(24,2)3/h4-9,16H,10-12H2,1-3H3. The molecule has 2 aromatic rings. The normalized spacial score (nSPS) is 18.9. The molecule has 0 radical (unpaired) electrons. The van der Waals surface area contributed by atoms with E-state index in [1.807, 2.05) is 23.4 Å². The number of anilines is 1. The number of carbonyl (C=O) groups is 1. The quantitative estimate of drug-likeness (QED) is 0.818. The fourth-order valence-electron chi connectivity index (χ4n) is 3.95. The molecule has 1 saturated heterocycles. The number of pyridine rings is 1. The summed E-state index contributed by atoms with van der Waals surface area (Å²) in [5.74, 6) is 0.534. The molecule has 1 amide bonds. The third kappa shape index (κ3) is 2.69. The van der Waals surface area contributed by atoms with Crippen LogP contribution in [0, 0.1) is 0 Å². The van der Waals surface area contributed by atoms with Gasteiger partial charge in [-0.15, -0.1) is 0 Å². The molecule has 1 aromatic carbocycles. The molecular weight excluding hydrogens is 334 g/mol. The number of nitrogens with zero attached hydrogens (tertiary/aromatic N) is 3. The van der Waals surface area contributed by atoms with Crippen LogP contribution in [0.15, 0.2) is 36.7 Å². The number of benzene rings is 1. The third-order valence-electron chi connectivity index (χ3n) is 5.59. The average molecular weight is 356 g/mol. The van der Waals surface area contributed by atoms with Crippen LogP contribution in [-0.4, -0.2) is 28.9 Å². The van der Waals surface area contributed by atoms with Crippen molar-refractivity contribution in [2.24, 2.45) is 0 Å². The first kappa shape index (κ1) is 16.4. The Labute approximate surface area is 153 Å². The highest BCUT2D eigenvalue weighted by Gasteiger charge is 2.38. The second kappa shape index (κ2) is 5.73. The molecule has 1 aromatic heterocycles. The van der Waals surface area contributed by atoms with Crippen molar-refractivity contribution in [1.29, 1.82) is 0 Å². The summed E-state index contributed by atoms with van der Waals surface area (Å²) in [5, 5.41) is 0.777. The van der Waals surface area contributed by atoms with Crippen LogP contribution in [0.25, 0.3) is 0 Å². The van der Waals surface area contributed by atoms with Crippen molar-refractivity contribution in [3.63, 3.8) is 0 Å². The van der Waals surface area contributed by atoms with Gasteiger partial charge in [-0.3, -0.25) is 9.78 Å². The third-order valence-corrected chi connectivity index (χ3v) is 5.82. The zero-order chi connectivity index (χ0) is 17.8. The molecule has 1 fully saturated rings. The minimum absolute atomic E-state index is 0.133. The van der Waals surface area contributed by atoms with Crippen molar-refractivity contribution in [2.45, 2.75) is 38.8 Å².